The lowest BCUT2D eigenvalue weighted by Crippen LogP contribution is -2.38. The SMILES string of the molecule is Cc1nnc2n1CCN(C(=O)c1ccccc1Br)C2. The number of rotatable bonds is 1. The monoisotopic (exact) mass is 320 g/mol. The second kappa shape index (κ2) is 4.77. The van der Waals surface area contributed by atoms with Crippen molar-refractivity contribution in [2.75, 3.05) is 6.54 Å². The second-order valence-electron chi connectivity index (χ2n) is 4.52. The summed E-state index contributed by atoms with van der Waals surface area (Å²) >= 11 is 3.42. The summed E-state index contributed by atoms with van der Waals surface area (Å²) in [6.45, 7) is 3.89. The van der Waals surface area contributed by atoms with E-state index in [0.29, 0.717) is 18.7 Å². The molecule has 0 fully saturated rings. The van der Waals surface area contributed by atoms with Crippen LogP contribution in [0, 0.1) is 6.92 Å². The maximum Gasteiger partial charge on any atom is 0.255 e. The summed E-state index contributed by atoms with van der Waals surface area (Å²) in [6.07, 6.45) is 0. The molecule has 2 heterocycles. The highest BCUT2D eigenvalue weighted by Crippen LogP contribution is 2.20. The fourth-order valence-electron chi connectivity index (χ4n) is 2.28. The zero-order valence-corrected chi connectivity index (χ0v) is 12.1. The van der Waals surface area contributed by atoms with Gasteiger partial charge in [-0.2, -0.15) is 0 Å². The van der Waals surface area contributed by atoms with Gasteiger partial charge in [0.1, 0.15) is 5.82 Å². The molecule has 1 aromatic carbocycles. The normalized spacial score (nSPS) is 14.3. The van der Waals surface area contributed by atoms with Crippen molar-refractivity contribution in [3.63, 3.8) is 0 Å². The maximum absolute atomic E-state index is 12.5. The fraction of sp³-hybridized carbons (Fsp3) is 0.308. The van der Waals surface area contributed by atoms with Crippen molar-refractivity contribution in [1.82, 2.24) is 19.7 Å². The predicted molar refractivity (Wildman–Crippen MR) is 73.6 cm³/mol. The van der Waals surface area contributed by atoms with Gasteiger partial charge in [0.15, 0.2) is 5.82 Å². The average Bonchev–Trinajstić information content (AvgIpc) is 2.80. The third-order valence-corrected chi connectivity index (χ3v) is 4.02. The van der Waals surface area contributed by atoms with Gasteiger partial charge in [0, 0.05) is 17.6 Å². The van der Waals surface area contributed by atoms with Crippen LogP contribution >= 0.6 is 15.9 Å². The molecule has 0 N–H and O–H groups in total. The molecule has 98 valence electrons. The van der Waals surface area contributed by atoms with Gasteiger partial charge in [0.25, 0.3) is 5.91 Å². The quantitative estimate of drug-likeness (QED) is 0.807. The highest BCUT2D eigenvalue weighted by molar-refractivity contribution is 9.10. The Morgan fingerprint density at radius 3 is 2.84 bits per heavy atom. The number of hydrogen-bond acceptors (Lipinski definition) is 3. The summed E-state index contributed by atoms with van der Waals surface area (Å²) in [4.78, 5) is 14.3. The van der Waals surface area contributed by atoms with E-state index < -0.39 is 0 Å². The Hall–Kier alpha value is -1.69. The summed E-state index contributed by atoms with van der Waals surface area (Å²) in [5, 5.41) is 8.16. The van der Waals surface area contributed by atoms with E-state index >= 15 is 0 Å². The van der Waals surface area contributed by atoms with Gasteiger partial charge in [-0.3, -0.25) is 4.79 Å². The van der Waals surface area contributed by atoms with Crippen LogP contribution in [0.5, 0.6) is 0 Å². The van der Waals surface area contributed by atoms with Crippen LogP contribution in [0.2, 0.25) is 0 Å². The molecule has 0 saturated carbocycles. The lowest BCUT2D eigenvalue weighted by Gasteiger charge is -2.28. The zero-order valence-electron chi connectivity index (χ0n) is 10.5. The number of aryl methyl sites for hydroxylation is 1. The highest BCUT2D eigenvalue weighted by atomic mass is 79.9. The Balaban J connectivity index is 1.86. The fourth-order valence-corrected chi connectivity index (χ4v) is 2.74. The summed E-state index contributed by atoms with van der Waals surface area (Å²) in [5.74, 6) is 1.78. The molecule has 1 aromatic heterocycles. The van der Waals surface area contributed by atoms with E-state index in [4.69, 9.17) is 0 Å². The van der Waals surface area contributed by atoms with Crippen molar-refractivity contribution < 1.29 is 4.79 Å². The summed E-state index contributed by atoms with van der Waals surface area (Å²) in [7, 11) is 0. The van der Waals surface area contributed by atoms with Gasteiger partial charge in [-0.25, -0.2) is 0 Å². The molecular formula is C13H13BrN4O. The van der Waals surface area contributed by atoms with Gasteiger partial charge in [-0.1, -0.05) is 12.1 Å². The van der Waals surface area contributed by atoms with Crippen LogP contribution in [-0.2, 0) is 13.1 Å². The minimum Gasteiger partial charge on any atom is -0.329 e. The summed E-state index contributed by atoms with van der Waals surface area (Å²) in [5.41, 5.74) is 0.687. The Morgan fingerprint density at radius 2 is 2.05 bits per heavy atom. The smallest absolute Gasteiger partial charge is 0.255 e. The van der Waals surface area contributed by atoms with Crippen molar-refractivity contribution >= 4 is 21.8 Å². The molecule has 2 aromatic rings. The number of benzene rings is 1. The number of halogens is 1. The first-order valence-corrected chi connectivity index (χ1v) is 6.88. The van der Waals surface area contributed by atoms with Gasteiger partial charge >= 0.3 is 0 Å². The van der Waals surface area contributed by atoms with Crippen molar-refractivity contribution in [3.8, 4) is 0 Å². The summed E-state index contributed by atoms with van der Waals surface area (Å²) < 4.78 is 2.88. The molecular weight excluding hydrogens is 308 g/mol. The van der Waals surface area contributed by atoms with Crippen molar-refractivity contribution in [2.24, 2.45) is 0 Å². The van der Waals surface area contributed by atoms with Crippen LogP contribution in [0.1, 0.15) is 22.0 Å². The number of carbonyl (C=O) groups excluding carboxylic acids is 1. The molecule has 1 amide bonds. The Morgan fingerprint density at radius 1 is 1.26 bits per heavy atom. The number of aromatic nitrogens is 3. The van der Waals surface area contributed by atoms with Crippen molar-refractivity contribution in [3.05, 3.63) is 46.0 Å². The minimum atomic E-state index is 0.0272. The van der Waals surface area contributed by atoms with E-state index in [2.05, 4.69) is 30.7 Å². The van der Waals surface area contributed by atoms with Gasteiger partial charge in [-0.15, -0.1) is 10.2 Å². The highest BCUT2D eigenvalue weighted by Gasteiger charge is 2.25. The molecule has 0 bridgehead atoms. The Labute approximate surface area is 119 Å². The molecule has 1 aliphatic heterocycles. The van der Waals surface area contributed by atoms with Gasteiger partial charge in [0.05, 0.1) is 12.1 Å². The molecule has 6 heteroatoms. The first kappa shape index (κ1) is 12.3. The average molecular weight is 321 g/mol. The minimum absolute atomic E-state index is 0.0272. The lowest BCUT2D eigenvalue weighted by molar-refractivity contribution is 0.0706. The van der Waals surface area contributed by atoms with E-state index in [1.807, 2.05) is 36.1 Å². The number of carbonyl (C=O) groups is 1. The number of fused-ring (bicyclic) bond motifs is 1. The van der Waals surface area contributed by atoms with Crippen LogP contribution in [0.3, 0.4) is 0 Å². The van der Waals surface area contributed by atoms with E-state index in [1.165, 1.54) is 0 Å². The molecule has 0 radical (unpaired) electrons. The molecule has 0 atom stereocenters. The third kappa shape index (κ3) is 2.16. The van der Waals surface area contributed by atoms with E-state index in [1.54, 1.807) is 0 Å². The molecule has 3 rings (SSSR count). The first-order chi connectivity index (χ1) is 9.16. The Kier molecular flexibility index (Phi) is 3.10. The van der Waals surface area contributed by atoms with E-state index in [9.17, 15) is 4.79 Å². The van der Waals surface area contributed by atoms with Crippen LogP contribution in [0.4, 0.5) is 0 Å². The van der Waals surface area contributed by atoms with Gasteiger partial charge < -0.3 is 9.47 Å². The van der Waals surface area contributed by atoms with Crippen molar-refractivity contribution in [1.29, 1.82) is 0 Å². The topological polar surface area (TPSA) is 51.0 Å². The van der Waals surface area contributed by atoms with Crippen LogP contribution in [0.15, 0.2) is 28.7 Å². The molecule has 0 aliphatic carbocycles. The standard InChI is InChI=1S/C13H13BrN4O/c1-9-15-16-12-8-17(6-7-18(9)12)13(19)10-4-2-3-5-11(10)14/h2-5H,6-8H2,1H3. The molecule has 0 unspecified atom stereocenters. The summed E-state index contributed by atoms with van der Waals surface area (Å²) in [6, 6.07) is 7.48. The predicted octanol–water partition coefficient (Wildman–Crippen LogP) is 2.01. The number of nitrogens with zero attached hydrogens (tertiary/aromatic N) is 4. The molecule has 0 saturated heterocycles. The third-order valence-electron chi connectivity index (χ3n) is 3.33. The van der Waals surface area contributed by atoms with E-state index in [-0.39, 0.29) is 5.91 Å². The largest absolute Gasteiger partial charge is 0.329 e. The number of hydrogen-bond donors (Lipinski definition) is 0. The second-order valence-corrected chi connectivity index (χ2v) is 5.38. The number of amides is 1. The van der Waals surface area contributed by atoms with Crippen molar-refractivity contribution in [2.45, 2.75) is 20.0 Å². The van der Waals surface area contributed by atoms with Crippen LogP contribution in [0.25, 0.3) is 0 Å². The lowest BCUT2D eigenvalue weighted by atomic mass is 10.2. The molecule has 19 heavy (non-hydrogen) atoms. The molecule has 0 spiro atoms. The zero-order chi connectivity index (χ0) is 13.4. The van der Waals surface area contributed by atoms with Gasteiger partial charge in [-0.05, 0) is 35.0 Å². The van der Waals surface area contributed by atoms with E-state index in [0.717, 1.165) is 22.7 Å². The first-order valence-electron chi connectivity index (χ1n) is 6.09. The Bertz CT molecular complexity index is 637. The van der Waals surface area contributed by atoms with Crippen LogP contribution < -0.4 is 0 Å². The molecule has 1 aliphatic rings. The molecule has 5 nitrogen and oxygen atoms in total. The van der Waals surface area contributed by atoms with Gasteiger partial charge in [0.2, 0.25) is 0 Å². The maximum atomic E-state index is 12.5. The van der Waals surface area contributed by atoms with Crippen LogP contribution in [-0.4, -0.2) is 32.1 Å².